The number of hydrogen-bond donors (Lipinski definition) is 1. The molecule has 2 aromatic heterocycles. The highest BCUT2D eigenvalue weighted by molar-refractivity contribution is 7.18. The van der Waals surface area contributed by atoms with Gasteiger partial charge in [-0.3, -0.25) is 4.98 Å². The third-order valence-electron chi connectivity index (χ3n) is 2.86. The molecule has 0 aliphatic rings. The van der Waals surface area contributed by atoms with E-state index in [-0.39, 0.29) is 0 Å². The first-order chi connectivity index (χ1) is 9.15. The second kappa shape index (κ2) is 6.61. The Labute approximate surface area is 118 Å². The molecule has 2 heterocycles. The van der Waals surface area contributed by atoms with Crippen molar-refractivity contribution < 1.29 is 0 Å². The molecule has 0 aliphatic heterocycles. The van der Waals surface area contributed by atoms with Crippen molar-refractivity contribution in [2.45, 2.75) is 39.7 Å². The predicted molar refractivity (Wildman–Crippen MR) is 80.3 cm³/mol. The largest absolute Gasteiger partial charge is 0.358 e. The molecule has 1 N–H and O–H groups in total. The molecule has 0 saturated carbocycles. The molecule has 1 atom stereocenters. The van der Waals surface area contributed by atoms with Crippen LogP contribution in [0.5, 0.6) is 0 Å². The summed E-state index contributed by atoms with van der Waals surface area (Å²) >= 11 is 1.55. The van der Waals surface area contributed by atoms with Gasteiger partial charge in [0.1, 0.15) is 5.69 Å². The number of hydrogen-bond acceptors (Lipinski definition) is 5. The van der Waals surface area contributed by atoms with E-state index in [4.69, 9.17) is 0 Å². The Morgan fingerprint density at radius 1 is 1.16 bits per heavy atom. The van der Waals surface area contributed by atoms with Gasteiger partial charge in [-0.25, -0.2) is 0 Å². The third-order valence-corrected chi connectivity index (χ3v) is 3.73. The molecule has 2 rings (SSSR count). The SMILES string of the molecule is CC(C)CCC(C)Nc1nnc(-c2ccccn2)s1. The van der Waals surface area contributed by atoms with Crippen molar-refractivity contribution in [1.82, 2.24) is 15.2 Å². The number of rotatable bonds is 6. The smallest absolute Gasteiger partial charge is 0.206 e. The van der Waals surface area contributed by atoms with E-state index in [1.54, 1.807) is 17.5 Å². The topological polar surface area (TPSA) is 50.7 Å². The second-order valence-electron chi connectivity index (χ2n) is 5.14. The van der Waals surface area contributed by atoms with Crippen LogP contribution in [0.15, 0.2) is 24.4 Å². The van der Waals surface area contributed by atoms with Crippen molar-refractivity contribution >= 4 is 16.5 Å². The standard InChI is InChI=1S/C14H20N4S/c1-10(2)7-8-11(3)16-14-18-17-13(19-14)12-6-4-5-9-15-12/h4-6,9-11H,7-8H2,1-3H3,(H,16,18). The monoisotopic (exact) mass is 276 g/mol. The van der Waals surface area contributed by atoms with Crippen LogP contribution in [0.25, 0.3) is 10.7 Å². The molecule has 5 heteroatoms. The van der Waals surface area contributed by atoms with Crippen LogP contribution in [0.1, 0.15) is 33.6 Å². The maximum absolute atomic E-state index is 4.28. The van der Waals surface area contributed by atoms with Gasteiger partial charge in [0.15, 0.2) is 5.01 Å². The number of pyridine rings is 1. The molecule has 0 bridgehead atoms. The molecule has 0 aliphatic carbocycles. The molecule has 0 spiro atoms. The number of nitrogens with one attached hydrogen (secondary N) is 1. The summed E-state index contributed by atoms with van der Waals surface area (Å²) in [7, 11) is 0. The summed E-state index contributed by atoms with van der Waals surface area (Å²) in [5, 5.41) is 13.5. The van der Waals surface area contributed by atoms with Gasteiger partial charge in [0, 0.05) is 12.2 Å². The van der Waals surface area contributed by atoms with Crippen molar-refractivity contribution in [3.05, 3.63) is 24.4 Å². The first kappa shape index (κ1) is 13.9. The fourth-order valence-electron chi connectivity index (χ4n) is 1.74. The highest BCUT2D eigenvalue weighted by Gasteiger charge is 2.10. The minimum absolute atomic E-state index is 0.423. The molecule has 19 heavy (non-hydrogen) atoms. The van der Waals surface area contributed by atoms with Gasteiger partial charge < -0.3 is 5.32 Å². The maximum Gasteiger partial charge on any atom is 0.206 e. The Kier molecular flexibility index (Phi) is 4.85. The average molecular weight is 276 g/mol. The van der Waals surface area contributed by atoms with E-state index < -0.39 is 0 Å². The Balaban J connectivity index is 1.94. The van der Waals surface area contributed by atoms with Crippen LogP contribution in [0.2, 0.25) is 0 Å². The van der Waals surface area contributed by atoms with Crippen molar-refractivity contribution in [1.29, 1.82) is 0 Å². The average Bonchev–Trinajstić information content (AvgIpc) is 2.86. The Morgan fingerprint density at radius 3 is 2.68 bits per heavy atom. The van der Waals surface area contributed by atoms with E-state index in [1.165, 1.54) is 6.42 Å². The molecule has 0 aromatic carbocycles. The molecule has 0 radical (unpaired) electrons. The van der Waals surface area contributed by atoms with E-state index in [0.717, 1.165) is 28.2 Å². The number of anilines is 1. The Hall–Kier alpha value is -1.49. The van der Waals surface area contributed by atoms with Gasteiger partial charge >= 0.3 is 0 Å². The fourth-order valence-corrected chi connectivity index (χ4v) is 2.57. The summed E-state index contributed by atoms with van der Waals surface area (Å²) < 4.78 is 0. The van der Waals surface area contributed by atoms with Gasteiger partial charge in [-0.1, -0.05) is 31.3 Å². The van der Waals surface area contributed by atoms with E-state index in [0.29, 0.717) is 6.04 Å². The Morgan fingerprint density at radius 2 is 2.00 bits per heavy atom. The summed E-state index contributed by atoms with van der Waals surface area (Å²) in [6, 6.07) is 6.23. The van der Waals surface area contributed by atoms with Crippen LogP contribution >= 0.6 is 11.3 Å². The number of nitrogens with zero attached hydrogens (tertiary/aromatic N) is 3. The quantitative estimate of drug-likeness (QED) is 0.871. The van der Waals surface area contributed by atoms with Crippen LogP contribution < -0.4 is 5.32 Å². The highest BCUT2D eigenvalue weighted by atomic mass is 32.1. The lowest BCUT2D eigenvalue weighted by atomic mass is 10.0. The molecule has 0 fully saturated rings. The van der Waals surface area contributed by atoms with E-state index in [2.05, 4.69) is 41.3 Å². The first-order valence-electron chi connectivity index (χ1n) is 6.66. The second-order valence-corrected chi connectivity index (χ2v) is 6.12. The van der Waals surface area contributed by atoms with Crippen molar-refractivity contribution in [3.8, 4) is 10.7 Å². The van der Waals surface area contributed by atoms with E-state index in [1.807, 2.05) is 18.2 Å². The van der Waals surface area contributed by atoms with Crippen LogP contribution in [0, 0.1) is 5.92 Å². The van der Waals surface area contributed by atoms with Gasteiger partial charge in [-0.15, -0.1) is 10.2 Å². The normalized spacial score (nSPS) is 12.6. The predicted octanol–water partition coefficient (Wildman–Crippen LogP) is 3.84. The molecule has 4 nitrogen and oxygen atoms in total. The van der Waals surface area contributed by atoms with Gasteiger partial charge in [-0.2, -0.15) is 0 Å². The lowest BCUT2D eigenvalue weighted by Gasteiger charge is -2.13. The van der Waals surface area contributed by atoms with Gasteiger partial charge in [-0.05, 0) is 37.8 Å². The summed E-state index contributed by atoms with van der Waals surface area (Å²) in [5.41, 5.74) is 0.878. The van der Waals surface area contributed by atoms with E-state index in [9.17, 15) is 0 Å². The van der Waals surface area contributed by atoms with Crippen LogP contribution in [0.3, 0.4) is 0 Å². The number of aromatic nitrogens is 3. The van der Waals surface area contributed by atoms with Gasteiger partial charge in [0.05, 0.1) is 0 Å². The molecule has 1 unspecified atom stereocenters. The molecular formula is C14H20N4S. The zero-order chi connectivity index (χ0) is 13.7. The lowest BCUT2D eigenvalue weighted by molar-refractivity contribution is 0.527. The molecule has 0 saturated heterocycles. The molecular weight excluding hydrogens is 256 g/mol. The summed E-state index contributed by atoms with van der Waals surface area (Å²) in [6.45, 7) is 6.68. The molecule has 102 valence electrons. The first-order valence-corrected chi connectivity index (χ1v) is 7.48. The van der Waals surface area contributed by atoms with Crippen LogP contribution in [-0.2, 0) is 0 Å². The van der Waals surface area contributed by atoms with Gasteiger partial charge in [0.2, 0.25) is 5.13 Å². The van der Waals surface area contributed by atoms with Crippen LogP contribution in [-0.4, -0.2) is 21.2 Å². The zero-order valence-electron chi connectivity index (χ0n) is 11.6. The summed E-state index contributed by atoms with van der Waals surface area (Å²) in [6.07, 6.45) is 4.14. The molecule has 2 aromatic rings. The van der Waals surface area contributed by atoms with E-state index >= 15 is 0 Å². The lowest BCUT2D eigenvalue weighted by Crippen LogP contribution is -2.15. The zero-order valence-corrected chi connectivity index (χ0v) is 12.4. The minimum Gasteiger partial charge on any atom is -0.358 e. The minimum atomic E-state index is 0.423. The Bertz CT molecular complexity index is 495. The van der Waals surface area contributed by atoms with Crippen molar-refractivity contribution in [2.75, 3.05) is 5.32 Å². The van der Waals surface area contributed by atoms with Crippen molar-refractivity contribution in [2.24, 2.45) is 5.92 Å². The summed E-state index contributed by atoms with van der Waals surface area (Å²) in [4.78, 5) is 4.28. The fraction of sp³-hybridized carbons (Fsp3) is 0.500. The highest BCUT2D eigenvalue weighted by Crippen LogP contribution is 2.25. The maximum atomic E-state index is 4.28. The third kappa shape index (κ3) is 4.28. The van der Waals surface area contributed by atoms with Gasteiger partial charge in [0.25, 0.3) is 0 Å². The molecule has 0 amide bonds. The van der Waals surface area contributed by atoms with Crippen molar-refractivity contribution in [3.63, 3.8) is 0 Å². The summed E-state index contributed by atoms with van der Waals surface area (Å²) in [5.74, 6) is 0.739. The van der Waals surface area contributed by atoms with Crippen LogP contribution in [0.4, 0.5) is 5.13 Å².